The van der Waals surface area contributed by atoms with Crippen molar-refractivity contribution in [3.05, 3.63) is 43.9 Å². The number of likely N-dealkylation sites (N-methyl/N-ethyl adjacent to an activating group) is 1. The highest BCUT2D eigenvalue weighted by atomic mass is 35.5. The van der Waals surface area contributed by atoms with Gasteiger partial charge in [-0.1, -0.05) is 18.0 Å². The number of thiophene rings is 1. The molecule has 3 aromatic heterocycles. The molecule has 1 unspecified atom stereocenters. The van der Waals surface area contributed by atoms with Gasteiger partial charge >= 0.3 is 0 Å². The molecule has 2 atom stereocenters. The fourth-order valence-corrected chi connectivity index (χ4v) is 8.70. The van der Waals surface area contributed by atoms with Crippen molar-refractivity contribution in [1.29, 1.82) is 0 Å². The van der Waals surface area contributed by atoms with Crippen LogP contribution in [0.1, 0.15) is 66.4 Å². The molecule has 216 valence electrons. The van der Waals surface area contributed by atoms with Crippen molar-refractivity contribution >= 4 is 56.5 Å². The van der Waals surface area contributed by atoms with Crippen LogP contribution in [0.15, 0.2) is 17.2 Å². The van der Waals surface area contributed by atoms with Gasteiger partial charge in [-0.05, 0) is 70.5 Å². The van der Waals surface area contributed by atoms with Gasteiger partial charge < -0.3 is 20.4 Å². The molecular weight excluding hydrogens is 562 g/mol. The first-order valence-corrected chi connectivity index (χ1v) is 15.7. The molecule has 0 bridgehead atoms. The lowest BCUT2D eigenvalue weighted by Gasteiger charge is -2.39. The van der Waals surface area contributed by atoms with E-state index in [9.17, 15) is 14.4 Å². The molecule has 12 heteroatoms. The molecule has 5 heterocycles. The number of amides is 2. The number of fused-ring (bicyclic) bond motifs is 5. The minimum absolute atomic E-state index is 0.0348. The summed E-state index contributed by atoms with van der Waals surface area (Å²) in [6.45, 7) is 4.61. The van der Waals surface area contributed by atoms with E-state index in [1.807, 2.05) is 4.90 Å². The molecule has 0 aromatic carbocycles. The molecule has 41 heavy (non-hydrogen) atoms. The van der Waals surface area contributed by atoms with Crippen molar-refractivity contribution in [2.45, 2.75) is 70.0 Å². The Morgan fingerprint density at radius 1 is 1.20 bits per heavy atom. The van der Waals surface area contributed by atoms with E-state index in [2.05, 4.69) is 39.5 Å². The third kappa shape index (κ3) is 4.35. The summed E-state index contributed by atoms with van der Waals surface area (Å²) in [6.07, 6.45) is 8.08. The number of pyridine rings is 1. The zero-order valence-corrected chi connectivity index (χ0v) is 24.9. The Morgan fingerprint density at radius 2 is 2.00 bits per heavy atom. The molecule has 1 spiro atoms. The topological polar surface area (TPSA) is 112 Å². The Bertz CT molecular complexity index is 1630. The first kappa shape index (κ1) is 26.9. The van der Waals surface area contributed by atoms with Gasteiger partial charge in [0.25, 0.3) is 11.5 Å². The van der Waals surface area contributed by atoms with Gasteiger partial charge in [-0.15, -0.1) is 11.3 Å². The second kappa shape index (κ2) is 10.1. The van der Waals surface area contributed by atoms with Crippen LogP contribution in [0, 0.1) is 5.92 Å². The zero-order valence-electron chi connectivity index (χ0n) is 23.3. The van der Waals surface area contributed by atoms with Crippen LogP contribution >= 0.6 is 22.9 Å². The van der Waals surface area contributed by atoms with Gasteiger partial charge in [-0.25, -0.2) is 9.97 Å². The Morgan fingerprint density at radius 3 is 2.78 bits per heavy atom. The van der Waals surface area contributed by atoms with E-state index >= 15 is 0 Å². The predicted octanol–water partition coefficient (Wildman–Crippen LogP) is 3.88. The van der Waals surface area contributed by atoms with Crippen LogP contribution in [-0.2, 0) is 23.3 Å². The summed E-state index contributed by atoms with van der Waals surface area (Å²) < 4.78 is 1.58. The summed E-state index contributed by atoms with van der Waals surface area (Å²) >= 11 is 8.22. The standard InChI is InChI=1S/C29H34ClN7O3S/c1-16-14-36(11-10-35(16)2)27(39)17-6-7-18-21(12-17)41-26-22(18)24(31-15-32-26)33-20-13-19(30)23-25(38)34-29(37(23)28(20)40)8-4-3-5-9-29/h13,15-17H,3-12,14H2,1-2H3,(H,34,38)(H,31,32,33)/t16?,17-/m0/s1. The van der Waals surface area contributed by atoms with Gasteiger partial charge in [-0.3, -0.25) is 19.0 Å². The number of halogens is 1. The van der Waals surface area contributed by atoms with Gasteiger partial charge in [0.1, 0.15) is 34.0 Å². The second-order valence-corrected chi connectivity index (χ2v) is 13.5. The number of hydrogen-bond acceptors (Lipinski definition) is 8. The minimum atomic E-state index is -0.727. The van der Waals surface area contributed by atoms with E-state index < -0.39 is 5.66 Å². The summed E-state index contributed by atoms with van der Waals surface area (Å²) in [4.78, 5) is 55.6. The first-order chi connectivity index (χ1) is 19.8. The highest BCUT2D eigenvalue weighted by Crippen LogP contribution is 2.42. The van der Waals surface area contributed by atoms with E-state index in [4.69, 9.17) is 11.6 Å². The number of hydrogen-bond donors (Lipinski definition) is 2. The van der Waals surface area contributed by atoms with Crippen LogP contribution in [0.25, 0.3) is 10.2 Å². The van der Waals surface area contributed by atoms with E-state index in [0.717, 1.165) is 72.4 Å². The van der Waals surface area contributed by atoms with Crippen molar-refractivity contribution in [3.63, 3.8) is 0 Å². The molecule has 2 aliphatic heterocycles. The lowest BCUT2D eigenvalue weighted by Crippen LogP contribution is -2.53. The van der Waals surface area contributed by atoms with Gasteiger partial charge in [-0.2, -0.15) is 0 Å². The van der Waals surface area contributed by atoms with Crippen LogP contribution in [0.2, 0.25) is 5.02 Å². The SMILES string of the molecule is CC1CN(C(=O)[C@H]2CCc3c(sc4ncnc(Nc5cc(Cl)c6n(c5=O)C5(CCCCC5)NC6=O)c34)C2)CCN1C. The fraction of sp³-hybridized carbons (Fsp3) is 0.552. The maximum Gasteiger partial charge on any atom is 0.276 e. The number of carbonyl (C=O) groups excluding carboxylic acids is 2. The average molecular weight is 596 g/mol. The van der Waals surface area contributed by atoms with E-state index in [-0.39, 0.29) is 39.7 Å². The van der Waals surface area contributed by atoms with Crippen molar-refractivity contribution in [2.24, 2.45) is 5.92 Å². The normalized spacial score (nSPS) is 23.9. The molecule has 1 saturated carbocycles. The third-order valence-electron chi connectivity index (χ3n) is 9.54. The molecule has 10 nitrogen and oxygen atoms in total. The molecule has 1 saturated heterocycles. The van der Waals surface area contributed by atoms with Crippen molar-refractivity contribution in [1.82, 2.24) is 29.7 Å². The quantitative estimate of drug-likeness (QED) is 0.473. The minimum Gasteiger partial charge on any atom is -0.340 e. The Balaban J connectivity index is 1.20. The number of carbonyl (C=O) groups is 2. The van der Waals surface area contributed by atoms with Crippen molar-refractivity contribution in [2.75, 3.05) is 32.0 Å². The molecule has 2 fully saturated rings. The predicted molar refractivity (Wildman–Crippen MR) is 159 cm³/mol. The molecule has 0 radical (unpaired) electrons. The maximum atomic E-state index is 13.9. The number of anilines is 2. The molecule has 7 rings (SSSR count). The summed E-state index contributed by atoms with van der Waals surface area (Å²) in [5, 5.41) is 7.48. The number of piperazine rings is 1. The molecule has 2 aliphatic carbocycles. The molecule has 3 aromatic rings. The first-order valence-electron chi connectivity index (χ1n) is 14.6. The lowest BCUT2D eigenvalue weighted by molar-refractivity contribution is -0.138. The summed E-state index contributed by atoms with van der Waals surface area (Å²) in [6, 6.07) is 1.90. The van der Waals surface area contributed by atoms with Crippen LogP contribution in [0.3, 0.4) is 0 Å². The van der Waals surface area contributed by atoms with E-state index in [1.54, 1.807) is 15.9 Å². The maximum absolute atomic E-state index is 13.9. The summed E-state index contributed by atoms with van der Waals surface area (Å²) in [7, 11) is 2.11. The molecule has 2 amide bonds. The average Bonchev–Trinajstić information content (AvgIpc) is 3.48. The lowest BCUT2D eigenvalue weighted by atomic mass is 9.86. The second-order valence-electron chi connectivity index (χ2n) is 12.0. The highest BCUT2D eigenvalue weighted by molar-refractivity contribution is 7.19. The van der Waals surface area contributed by atoms with Gasteiger partial charge in [0.05, 0.1) is 10.4 Å². The number of nitrogens with one attached hydrogen (secondary N) is 2. The molecular formula is C29H34ClN7O3S. The highest BCUT2D eigenvalue weighted by Gasteiger charge is 2.45. The molecule has 2 N–H and O–H groups in total. The number of nitrogens with zero attached hydrogens (tertiary/aromatic N) is 5. The smallest absolute Gasteiger partial charge is 0.276 e. The van der Waals surface area contributed by atoms with Gasteiger partial charge in [0, 0.05) is 36.5 Å². The number of aromatic nitrogens is 3. The van der Waals surface area contributed by atoms with Crippen LogP contribution in [0.4, 0.5) is 11.5 Å². The zero-order chi connectivity index (χ0) is 28.5. The monoisotopic (exact) mass is 595 g/mol. The van der Waals surface area contributed by atoms with Crippen LogP contribution < -0.4 is 16.2 Å². The Hall–Kier alpha value is -3.02. The number of aryl methyl sites for hydroxylation is 1. The summed E-state index contributed by atoms with van der Waals surface area (Å²) in [5.41, 5.74) is 0.655. The summed E-state index contributed by atoms with van der Waals surface area (Å²) in [5.74, 6) is 0.464. The Kier molecular flexibility index (Phi) is 6.59. The Labute approximate surface area is 247 Å². The van der Waals surface area contributed by atoms with E-state index in [0.29, 0.717) is 31.1 Å². The third-order valence-corrected chi connectivity index (χ3v) is 11.0. The van der Waals surface area contributed by atoms with Gasteiger partial charge in [0.15, 0.2) is 0 Å². The molecule has 4 aliphatic rings. The van der Waals surface area contributed by atoms with Gasteiger partial charge in [0.2, 0.25) is 5.91 Å². The largest absolute Gasteiger partial charge is 0.340 e. The van der Waals surface area contributed by atoms with Crippen molar-refractivity contribution < 1.29 is 9.59 Å². The van der Waals surface area contributed by atoms with E-state index in [1.165, 1.54) is 12.4 Å². The fourth-order valence-electron chi connectivity index (χ4n) is 7.16. The van der Waals surface area contributed by atoms with Crippen molar-refractivity contribution in [3.8, 4) is 0 Å². The van der Waals surface area contributed by atoms with Crippen LogP contribution in [-0.4, -0.2) is 68.9 Å². The number of rotatable bonds is 3. The van der Waals surface area contributed by atoms with Crippen LogP contribution in [0.5, 0.6) is 0 Å².